The van der Waals surface area contributed by atoms with Gasteiger partial charge in [-0.1, -0.05) is 0 Å². The number of piperazine rings is 1. The van der Waals surface area contributed by atoms with Crippen molar-refractivity contribution >= 4 is 22.8 Å². The molecule has 0 radical (unpaired) electrons. The monoisotopic (exact) mass is 564 g/mol. The third-order valence-electron chi connectivity index (χ3n) is 8.12. The summed E-state index contributed by atoms with van der Waals surface area (Å²) in [6.45, 7) is 12.8. The zero-order valence-electron chi connectivity index (χ0n) is 24.2. The van der Waals surface area contributed by atoms with E-state index in [1.807, 2.05) is 25.1 Å². The molecule has 3 heterocycles. The van der Waals surface area contributed by atoms with Gasteiger partial charge in [-0.05, 0) is 61.9 Å². The minimum atomic E-state index is -0.384. The van der Waals surface area contributed by atoms with E-state index in [1.165, 1.54) is 0 Å². The van der Waals surface area contributed by atoms with Crippen molar-refractivity contribution in [1.29, 1.82) is 0 Å². The molecule has 220 valence electrons. The lowest BCUT2D eigenvalue weighted by Crippen LogP contribution is -2.57. The molecule has 10 heteroatoms. The summed E-state index contributed by atoms with van der Waals surface area (Å²) in [5.74, 6) is 0.341. The molecule has 2 aliphatic rings. The SMILES string of the molecule is COc1ccc2[nH]c(C)c(CC(=O)Oc3ccc(C(=O)OCCN4CCN(C(C)N5CCOCC5)CC4)cc3)c2c1. The van der Waals surface area contributed by atoms with Gasteiger partial charge in [0.05, 0.1) is 38.5 Å². The van der Waals surface area contributed by atoms with Gasteiger partial charge in [0.25, 0.3) is 0 Å². The fraction of sp³-hybridized carbons (Fsp3) is 0.484. The Morgan fingerprint density at radius 1 is 0.951 bits per heavy atom. The first-order valence-corrected chi connectivity index (χ1v) is 14.3. The van der Waals surface area contributed by atoms with Crippen molar-refractivity contribution in [2.45, 2.75) is 26.4 Å². The van der Waals surface area contributed by atoms with Gasteiger partial charge in [0.15, 0.2) is 0 Å². The van der Waals surface area contributed by atoms with Crippen LogP contribution in [0.15, 0.2) is 42.5 Å². The van der Waals surface area contributed by atoms with Crippen LogP contribution in [0.3, 0.4) is 0 Å². The summed E-state index contributed by atoms with van der Waals surface area (Å²) in [6.07, 6.45) is 0.534. The highest BCUT2D eigenvalue weighted by Gasteiger charge is 2.26. The van der Waals surface area contributed by atoms with Crippen molar-refractivity contribution in [3.8, 4) is 11.5 Å². The van der Waals surface area contributed by atoms with Gasteiger partial charge in [-0.3, -0.25) is 19.5 Å². The lowest BCUT2D eigenvalue weighted by atomic mass is 10.1. The largest absolute Gasteiger partial charge is 0.497 e. The predicted molar refractivity (Wildman–Crippen MR) is 156 cm³/mol. The molecule has 5 rings (SSSR count). The number of ether oxygens (including phenoxy) is 4. The first-order chi connectivity index (χ1) is 19.9. The summed E-state index contributed by atoms with van der Waals surface area (Å²) >= 11 is 0. The molecule has 2 fully saturated rings. The van der Waals surface area contributed by atoms with Crippen LogP contribution in [0.2, 0.25) is 0 Å². The number of aromatic nitrogens is 1. The average molecular weight is 565 g/mol. The highest BCUT2D eigenvalue weighted by Crippen LogP contribution is 2.27. The molecule has 1 aromatic heterocycles. The lowest BCUT2D eigenvalue weighted by Gasteiger charge is -2.43. The maximum Gasteiger partial charge on any atom is 0.338 e. The standard InChI is InChI=1S/C31H40N4O6/c1-22-27(28-20-26(38-3)8-9-29(28)32-22)21-30(36)41-25-6-4-24(5-7-25)31(37)40-19-14-33-10-12-34(13-11-33)23(2)35-15-17-39-18-16-35/h4-9,20,23,32H,10-19,21H2,1-3H3. The Morgan fingerprint density at radius 3 is 2.34 bits per heavy atom. The van der Waals surface area contributed by atoms with Gasteiger partial charge in [0.1, 0.15) is 18.1 Å². The van der Waals surface area contributed by atoms with Crippen LogP contribution in [-0.4, -0.2) is 111 Å². The third kappa shape index (κ3) is 7.26. The number of esters is 2. The number of hydrogen-bond acceptors (Lipinski definition) is 9. The first-order valence-electron chi connectivity index (χ1n) is 14.3. The molecule has 2 aliphatic heterocycles. The minimum absolute atomic E-state index is 0.114. The van der Waals surface area contributed by atoms with Gasteiger partial charge in [0, 0.05) is 62.4 Å². The number of benzene rings is 2. The number of carbonyl (C=O) groups is 2. The fourth-order valence-corrected chi connectivity index (χ4v) is 5.58. The molecular weight excluding hydrogens is 524 g/mol. The number of hydrogen-bond donors (Lipinski definition) is 1. The number of carbonyl (C=O) groups excluding carboxylic acids is 2. The topological polar surface area (TPSA) is 96.6 Å². The second-order valence-electron chi connectivity index (χ2n) is 10.6. The average Bonchev–Trinajstić information content (AvgIpc) is 3.31. The Bertz CT molecular complexity index is 1330. The number of aryl methyl sites for hydroxylation is 1. The number of morpholine rings is 1. The molecule has 0 amide bonds. The summed E-state index contributed by atoms with van der Waals surface area (Å²) in [7, 11) is 1.62. The summed E-state index contributed by atoms with van der Waals surface area (Å²) < 4.78 is 21.9. The summed E-state index contributed by atoms with van der Waals surface area (Å²) in [4.78, 5) is 35.9. The lowest BCUT2D eigenvalue weighted by molar-refractivity contribution is -0.133. The number of rotatable bonds is 10. The van der Waals surface area contributed by atoms with Crippen LogP contribution >= 0.6 is 0 Å². The van der Waals surface area contributed by atoms with Crippen LogP contribution in [0, 0.1) is 6.92 Å². The fourth-order valence-electron chi connectivity index (χ4n) is 5.58. The maximum atomic E-state index is 12.7. The first kappa shape index (κ1) is 29.1. The number of nitrogens with one attached hydrogen (secondary N) is 1. The molecule has 2 saturated heterocycles. The van der Waals surface area contributed by atoms with E-state index in [1.54, 1.807) is 31.4 Å². The van der Waals surface area contributed by atoms with Gasteiger partial charge in [-0.2, -0.15) is 0 Å². The van der Waals surface area contributed by atoms with Gasteiger partial charge in [-0.25, -0.2) is 4.79 Å². The molecule has 0 saturated carbocycles. The van der Waals surface area contributed by atoms with Crippen LogP contribution in [0.5, 0.6) is 11.5 Å². The zero-order valence-corrected chi connectivity index (χ0v) is 24.2. The Kier molecular flexibility index (Phi) is 9.56. The second kappa shape index (κ2) is 13.5. The number of aromatic amines is 1. The van der Waals surface area contributed by atoms with Gasteiger partial charge >= 0.3 is 11.9 Å². The van der Waals surface area contributed by atoms with E-state index in [0.29, 0.717) is 30.6 Å². The predicted octanol–water partition coefficient (Wildman–Crippen LogP) is 3.09. The minimum Gasteiger partial charge on any atom is -0.497 e. The van der Waals surface area contributed by atoms with Crippen molar-refractivity contribution in [1.82, 2.24) is 19.7 Å². The molecule has 41 heavy (non-hydrogen) atoms. The number of nitrogens with zero attached hydrogens (tertiary/aromatic N) is 3. The number of H-pyrrole nitrogens is 1. The number of fused-ring (bicyclic) bond motifs is 1. The zero-order chi connectivity index (χ0) is 28.8. The molecule has 1 N–H and O–H groups in total. The van der Waals surface area contributed by atoms with Crippen molar-refractivity contribution in [3.63, 3.8) is 0 Å². The van der Waals surface area contributed by atoms with E-state index in [4.69, 9.17) is 18.9 Å². The number of methoxy groups -OCH3 is 1. The molecule has 0 aliphatic carbocycles. The van der Waals surface area contributed by atoms with E-state index in [0.717, 1.165) is 80.4 Å². The van der Waals surface area contributed by atoms with Crippen LogP contribution in [0.4, 0.5) is 0 Å². The van der Waals surface area contributed by atoms with Crippen LogP contribution in [0.1, 0.15) is 28.5 Å². The molecular formula is C31H40N4O6. The van der Waals surface area contributed by atoms with Crippen molar-refractivity contribution in [2.75, 3.05) is 72.7 Å². The van der Waals surface area contributed by atoms with Crippen molar-refractivity contribution < 1.29 is 28.5 Å². The van der Waals surface area contributed by atoms with Crippen LogP contribution in [-0.2, 0) is 20.7 Å². The summed E-state index contributed by atoms with van der Waals surface area (Å²) in [6, 6.07) is 12.2. The van der Waals surface area contributed by atoms with E-state index < -0.39 is 0 Å². The Morgan fingerprint density at radius 2 is 1.63 bits per heavy atom. The van der Waals surface area contributed by atoms with Gasteiger partial charge in [-0.15, -0.1) is 0 Å². The molecule has 3 aromatic rings. The van der Waals surface area contributed by atoms with E-state index in [-0.39, 0.29) is 18.4 Å². The highest BCUT2D eigenvalue weighted by atomic mass is 16.5. The van der Waals surface area contributed by atoms with Crippen molar-refractivity contribution in [3.05, 3.63) is 59.3 Å². The Labute approximate surface area is 241 Å². The van der Waals surface area contributed by atoms with E-state index in [2.05, 4.69) is 26.6 Å². The smallest absolute Gasteiger partial charge is 0.338 e. The van der Waals surface area contributed by atoms with Gasteiger partial charge in [0.2, 0.25) is 0 Å². The van der Waals surface area contributed by atoms with E-state index >= 15 is 0 Å². The van der Waals surface area contributed by atoms with Gasteiger partial charge < -0.3 is 23.9 Å². The molecule has 2 aromatic carbocycles. The molecule has 1 unspecified atom stereocenters. The molecule has 10 nitrogen and oxygen atoms in total. The maximum absolute atomic E-state index is 12.7. The normalized spacial score (nSPS) is 17.8. The summed E-state index contributed by atoms with van der Waals surface area (Å²) in [5.41, 5.74) is 3.15. The van der Waals surface area contributed by atoms with Crippen molar-refractivity contribution in [2.24, 2.45) is 0 Å². The Hall–Kier alpha value is -3.44. The quantitative estimate of drug-likeness (QED) is 0.294. The van der Waals surface area contributed by atoms with E-state index in [9.17, 15) is 9.59 Å². The third-order valence-corrected chi connectivity index (χ3v) is 8.12. The Balaban J connectivity index is 1.04. The van der Waals surface area contributed by atoms with Crippen LogP contribution < -0.4 is 9.47 Å². The highest BCUT2D eigenvalue weighted by molar-refractivity contribution is 5.91. The molecule has 0 bridgehead atoms. The molecule has 1 atom stereocenters. The summed E-state index contributed by atoms with van der Waals surface area (Å²) in [5, 5.41) is 0.932. The second-order valence-corrected chi connectivity index (χ2v) is 10.6. The molecule has 0 spiro atoms. The van der Waals surface area contributed by atoms with Crippen LogP contribution in [0.25, 0.3) is 10.9 Å².